The van der Waals surface area contributed by atoms with Gasteiger partial charge in [0.15, 0.2) is 0 Å². The van der Waals surface area contributed by atoms with Crippen molar-refractivity contribution < 1.29 is 14.3 Å². The van der Waals surface area contributed by atoms with E-state index in [1.54, 1.807) is 0 Å². The number of benzene rings is 2. The first-order valence-corrected chi connectivity index (χ1v) is 9.98. The van der Waals surface area contributed by atoms with Crippen LogP contribution in [0, 0.1) is 0 Å². The number of ether oxygens (including phenoxy) is 1. The SMILES string of the molecule is O=C(CN1CCC(NC(=O)C2=Cc3ccccc3OC2)CC1)Nc1ccccc1. The maximum Gasteiger partial charge on any atom is 0.250 e. The maximum atomic E-state index is 12.6. The van der Waals surface area contributed by atoms with Crippen LogP contribution < -0.4 is 15.4 Å². The van der Waals surface area contributed by atoms with Gasteiger partial charge in [-0.2, -0.15) is 0 Å². The van der Waals surface area contributed by atoms with Gasteiger partial charge in [0.25, 0.3) is 5.91 Å². The van der Waals surface area contributed by atoms with Crippen molar-refractivity contribution in [3.05, 3.63) is 65.7 Å². The third-order valence-corrected chi connectivity index (χ3v) is 5.27. The molecular weight excluding hydrogens is 366 g/mol. The fraction of sp³-hybridized carbons (Fsp3) is 0.304. The van der Waals surface area contributed by atoms with E-state index in [1.165, 1.54) is 0 Å². The number of anilines is 1. The Kier molecular flexibility index (Phi) is 5.91. The average Bonchev–Trinajstić information content (AvgIpc) is 2.75. The summed E-state index contributed by atoms with van der Waals surface area (Å²) in [6.45, 7) is 2.23. The van der Waals surface area contributed by atoms with Crippen molar-refractivity contribution in [2.45, 2.75) is 18.9 Å². The van der Waals surface area contributed by atoms with Gasteiger partial charge in [-0.25, -0.2) is 0 Å². The number of hydrogen-bond donors (Lipinski definition) is 2. The Hall–Kier alpha value is -3.12. The van der Waals surface area contributed by atoms with Gasteiger partial charge in [0.2, 0.25) is 5.91 Å². The number of carbonyl (C=O) groups excluding carboxylic acids is 2. The lowest BCUT2D eigenvalue weighted by Gasteiger charge is -2.32. The van der Waals surface area contributed by atoms with Crippen LogP contribution in [0.25, 0.3) is 6.08 Å². The van der Waals surface area contributed by atoms with E-state index in [4.69, 9.17) is 4.74 Å². The molecule has 2 aliphatic heterocycles. The minimum Gasteiger partial charge on any atom is -0.488 e. The van der Waals surface area contributed by atoms with Crippen LogP contribution >= 0.6 is 0 Å². The third-order valence-electron chi connectivity index (χ3n) is 5.27. The molecule has 6 heteroatoms. The second-order valence-corrected chi connectivity index (χ2v) is 7.43. The van der Waals surface area contributed by atoms with Crippen LogP contribution in [0.2, 0.25) is 0 Å². The normalized spacial score (nSPS) is 16.9. The van der Waals surface area contributed by atoms with Crippen molar-refractivity contribution >= 4 is 23.6 Å². The van der Waals surface area contributed by atoms with E-state index in [0.29, 0.717) is 18.7 Å². The van der Waals surface area contributed by atoms with E-state index in [2.05, 4.69) is 15.5 Å². The molecule has 4 rings (SSSR count). The summed E-state index contributed by atoms with van der Waals surface area (Å²) in [5.41, 5.74) is 2.39. The number of rotatable bonds is 5. The van der Waals surface area contributed by atoms with Gasteiger partial charge in [-0.05, 0) is 37.1 Å². The molecule has 6 nitrogen and oxygen atoms in total. The highest BCUT2D eigenvalue weighted by molar-refractivity contribution is 5.99. The zero-order chi connectivity index (χ0) is 20.1. The van der Waals surface area contributed by atoms with Crippen molar-refractivity contribution in [1.82, 2.24) is 10.2 Å². The predicted molar refractivity (Wildman–Crippen MR) is 113 cm³/mol. The first-order valence-electron chi connectivity index (χ1n) is 9.98. The number of hydrogen-bond acceptors (Lipinski definition) is 4. The van der Waals surface area contributed by atoms with Gasteiger partial charge in [-0.15, -0.1) is 0 Å². The average molecular weight is 391 g/mol. The molecule has 1 saturated heterocycles. The maximum absolute atomic E-state index is 12.6. The molecule has 2 aromatic rings. The largest absolute Gasteiger partial charge is 0.488 e. The molecular formula is C23H25N3O3. The van der Waals surface area contributed by atoms with Gasteiger partial charge in [-0.1, -0.05) is 36.4 Å². The number of piperidine rings is 1. The Morgan fingerprint density at radius 2 is 1.72 bits per heavy atom. The van der Waals surface area contributed by atoms with Crippen LogP contribution in [-0.4, -0.2) is 49.0 Å². The predicted octanol–water partition coefficient (Wildman–Crippen LogP) is 2.68. The lowest BCUT2D eigenvalue weighted by atomic mass is 10.0. The summed E-state index contributed by atoms with van der Waals surface area (Å²) in [6, 6.07) is 17.3. The zero-order valence-electron chi connectivity index (χ0n) is 16.3. The molecule has 2 aromatic carbocycles. The fourth-order valence-electron chi connectivity index (χ4n) is 3.69. The summed E-state index contributed by atoms with van der Waals surface area (Å²) in [4.78, 5) is 26.9. The summed E-state index contributed by atoms with van der Waals surface area (Å²) in [7, 11) is 0. The topological polar surface area (TPSA) is 70.7 Å². The second kappa shape index (κ2) is 8.92. The van der Waals surface area contributed by atoms with Crippen LogP contribution in [0.1, 0.15) is 18.4 Å². The van der Waals surface area contributed by atoms with Crippen molar-refractivity contribution in [2.75, 3.05) is 31.6 Å². The van der Waals surface area contributed by atoms with E-state index in [0.717, 1.165) is 42.9 Å². The van der Waals surface area contributed by atoms with E-state index in [1.807, 2.05) is 60.7 Å². The number of amides is 2. The van der Waals surface area contributed by atoms with Gasteiger partial charge in [0.1, 0.15) is 12.4 Å². The van der Waals surface area contributed by atoms with Crippen LogP contribution in [0.5, 0.6) is 5.75 Å². The first kappa shape index (κ1) is 19.2. The fourth-order valence-corrected chi connectivity index (χ4v) is 3.69. The minimum absolute atomic E-state index is 0.0122. The molecule has 0 aliphatic carbocycles. The quantitative estimate of drug-likeness (QED) is 0.822. The first-order chi connectivity index (χ1) is 14.2. The Morgan fingerprint density at radius 1 is 1.00 bits per heavy atom. The molecule has 2 aliphatic rings. The molecule has 0 aromatic heterocycles. The van der Waals surface area contributed by atoms with Crippen LogP contribution in [0.3, 0.4) is 0 Å². The van der Waals surface area contributed by atoms with Crippen molar-refractivity contribution in [2.24, 2.45) is 0 Å². The number of fused-ring (bicyclic) bond motifs is 1. The number of para-hydroxylation sites is 2. The molecule has 2 amide bonds. The number of likely N-dealkylation sites (tertiary alicyclic amines) is 1. The van der Waals surface area contributed by atoms with E-state index < -0.39 is 0 Å². The summed E-state index contributed by atoms with van der Waals surface area (Å²) in [6.07, 6.45) is 3.56. The van der Waals surface area contributed by atoms with Gasteiger partial charge >= 0.3 is 0 Å². The summed E-state index contributed by atoms with van der Waals surface area (Å²) in [5, 5.41) is 6.03. The molecule has 1 fully saturated rings. The van der Waals surface area contributed by atoms with E-state index in [-0.39, 0.29) is 17.9 Å². The van der Waals surface area contributed by atoms with Gasteiger partial charge in [-0.3, -0.25) is 14.5 Å². The van der Waals surface area contributed by atoms with Crippen molar-refractivity contribution in [1.29, 1.82) is 0 Å². The molecule has 0 saturated carbocycles. The molecule has 0 bridgehead atoms. The van der Waals surface area contributed by atoms with Gasteiger partial charge in [0.05, 0.1) is 12.1 Å². The Balaban J connectivity index is 1.23. The minimum atomic E-state index is -0.0697. The molecule has 0 spiro atoms. The molecule has 0 atom stereocenters. The third kappa shape index (κ3) is 5.03. The summed E-state index contributed by atoms with van der Waals surface area (Å²) in [5.74, 6) is 0.729. The van der Waals surface area contributed by atoms with Crippen LogP contribution in [0.15, 0.2) is 60.2 Å². The molecule has 150 valence electrons. The zero-order valence-corrected chi connectivity index (χ0v) is 16.3. The smallest absolute Gasteiger partial charge is 0.250 e. The van der Waals surface area contributed by atoms with E-state index in [9.17, 15) is 9.59 Å². The molecule has 0 radical (unpaired) electrons. The Labute approximate surface area is 170 Å². The van der Waals surface area contributed by atoms with Crippen LogP contribution in [-0.2, 0) is 9.59 Å². The monoisotopic (exact) mass is 391 g/mol. The van der Waals surface area contributed by atoms with Crippen LogP contribution in [0.4, 0.5) is 5.69 Å². The number of nitrogens with zero attached hydrogens (tertiary/aromatic N) is 1. The highest BCUT2D eigenvalue weighted by atomic mass is 16.5. The standard InChI is InChI=1S/C23H25N3O3/c27-22(24-19-7-2-1-3-8-19)15-26-12-10-20(11-13-26)25-23(28)18-14-17-6-4-5-9-21(17)29-16-18/h1-9,14,20H,10-13,15-16H2,(H,24,27)(H,25,28). The second-order valence-electron chi connectivity index (χ2n) is 7.43. The molecule has 2 N–H and O–H groups in total. The number of carbonyl (C=O) groups is 2. The van der Waals surface area contributed by atoms with E-state index >= 15 is 0 Å². The molecule has 2 heterocycles. The lowest BCUT2D eigenvalue weighted by molar-refractivity contribution is -0.120. The van der Waals surface area contributed by atoms with Gasteiger partial charge < -0.3 is 15.4 Å². The van der Waals surface area contributed by atoms with Crippen molar-refractivity contribution in [3.63, 3.8) is 0 Å². The highest BCUT2D eigenvalue weighted by Gasteiger charge is 2.24. The Morgan fingerprint density at radius 3 is 2.52 bits per heavy atom. The Bertz CT molecular complexity index is 903. The van der Waals surface area contributed by atoms with Crippen molar-refractivity contribution in [3.8, 4) is 5.75 Å². The highest BCUT2D eigenvalue weighted by Crippen LogP contribution is 2.26. The van der Waals surface area contributed by atoms with Gasteiger partial charge in [0, 0.05) is 30.4 Å². The number of nitrogens with one attached hydrogen (secondary N) is 2. The molecule has 0 unspecified atom stereocenters. The lowest BCUT2D eigenvalue weighted by Crippen LogP contribution is -2.47. The summed E-state index contributed by atoms with van der Waals surface area (Å²) < 4.78 is 5.67. The molecule has 29 heavy (non-hydrogen) atoms. The summed E-state index contributed by atoms with van der Waals surface area (Å²) >= 11 is 0.